The predicted molar refractivity (Wildman–Crippen MR) is 64.4 cm³/mol. The fourth-order valence-corrected chi connectivity index (χ4v) is 1.61. The second-order valence-electron chi connectivity index (χ2n) is 4.36. The van der Waals surface area contributed by atoms with Crippen LogP contribution >= 0.6 is 11.6 Å². The van der Waals surface area contributed by atoms with E-state index in [1.807, 2.05) is 0 Å². The third-order valence-electron chi connectivity index (χ3n) is 2.69. The van der Waals surface area contributed by atoms with Crippen LogP contribution in [0.4, 0.5) is 40.8 Å². The fourth-order valence-electron chi connectivity index (χ4n) is 1.37. The molecule has 0 N–H and O–H groups in total. The molecule has 0 unspecified atom stereocenters. The lowest BCUT2D eigenvalue weighted by Gasteiger charge is -2.31. The summed E-state index contributed by atoms with van der Waals surface area (Å²) in [6.45, 7) is -2.39. The lowest BCUT2D eigenvalue weighted by atomic mass is 10.1. The summed E-state index contributed by atoms with van der Waals surface area (Å²) in [4.78, 5) is 9.52. The second kappa shape index (κ2) is 6.57. The van der Waals surface area contributed by atoms with Crippen molar-refractivity contribution in [2.24, 2.45) is 0 Å². The Hall–Kier alpha value is -1.85. The van der Waals surface area contributed by atoms with Crippen LogP contribution in [0.5, 0.6) is 5.75 Å². The highest BCUT2D eigenvalue weighted by Crippen LogP contribution is 2.48. The van der Waals surface area contributed by atoms with Crippen molar-refractivity contribution in [3.05, 3.63) is 33.3 Å². The van der Waals surface area contributed by atoms with Gasteiger partial charge in [0.25, 0.3) is 5.69 Å². The van der Waals surface area contributed by atoms with Gasteiger partial charge in [0, 0.05) is 12.1 Å². The third-order valence-corrected chi connectivity index (χ3v) is 2.99. The highest BCUT2D eigenvalue weighted by Gasteiger charge is 2.75. The van der Waals surface area contributed by atoms with Crippen LogP contribution in [0.2, 0.25) is 5.02 Å². The van der Waals surface area contributed by atoms with Crippen LogP contribution in [0.25, 0.3) is 0 Å². The first-order valence-electron chi connectivity index (χ1n) is 5.72. The fraction of sp³-hybridized carbons (Fsp3) is 0.455. The van der Waals surface area contributed by atoms with Crippen molar-refractivity contribution in [3.8, 4) is 5.75 Å². The van der Waals surface area contributed by atoms with Crippen LogP contribution in [-0.4, -0.2) is 35.7 Å². The number of alkyl halides is 8. The molecular formula is C11H6ClF8NO3. The molecule has 136 valence electrons. The average molecular weight is 388 g/mol. The molecule has 0 aliphatic heterocycles. The largest absolute Gasteiger partial charge is 0.487 e. The molecule has 1 aromatic rings. The minimum atomic E-state index is -6.40. The van der Waals surface area contributed by atoms with Crippen LogP contribution in [0.15, 0.2) is 18.2 Å². The maximum atomic E-state index is 13.2. The lowest BCUT2D eigenvalue weighted by Crippen LogP contribution is -2.59. The van der Waals surface area contributed by atoms with E-state index in [1.54, 1.807) is 0 Å². The topological polar surface area (TPSA) is 52.4 Å². The molecule has 0 fully saturated rings. The van der Waals surface area contributed by atoms with Gasteiger partial charge in [0.2, 0.25) is 0 Å². The van der Waals surface area contributed by atoms with Crippen molar-refractivity contribution in [2.75, 3.05) is 6.61 Å². The molecule has 0 saturated carbocycles. The monoisotopic (exact) mass is 387 g/mol. The molecule has 24 heavy (non-hydrogen) atoms. The number of benzene rings is 1. The van der Waals surface area contributed by atoms with E-state index in [0.717, 1.165) is 0 Å². The van der Waals surface area contributed by atoms with Crippen molar-refractivity contribution < 1.29 is 44.8 Å². The van der Waals surface area contributed by atoms with E-state index in [-0.39, 0.29) is 0 Å². The molecule has 0 spiro atoms. The van der Waals surface area contributed by atoms with Crippen molar-refractivity contribution >= 4 is 17.3 Å². The number of nitro benzene ring substituents is 1. The number of rotatable bonds is 7. The Balaban J connectivity index is 2.96. The minimum absolute atomic E-state index is 0.596. The molecule has 0 heterocycles. The first-order valence-corrected chi connectivity index (χ1v) is 6.10. The van der Waals surface area contributed by atoms with Gasteiger partial charge in [0.15, 0.2) is 6.61 Å². The van der Waals surface area contributed by atoms with Crippen LogP contribution in [0, 0.1) is 10.1 Å². The van der Waals surface area contributed by atoms with Crippen molar-refractivity contribution in [1.82, 2.24) is 0 Å². The Morgan fingerprint density at radius 2 is 1.71 bits per heavy atom. The summed E-state index contributed by atoms with van der Waals surface area (Å²) in [6, 6.07) is 1.96. The molecule has 0 saturated heterocycles. The maximum absolute atomic E-state index is 13.2. The summed E-state index contributed by atoms with van der Waals surface area (Å²) in [5, 5.41) is 9.86. The van der Waals surface area contributed by atoms with Gasteiger partial charge in [-0.05, 0) is 6.07 Å². The van der Waals surface area contributed by atoms with Gasteiger partial charge in [-0.15, -0.1) is 0 Å². The quantitative estimate of drug-likeness (QED) is 0.384. The maximum Gasteiger partial charge on any atom is 0.381 e. The highest BCUT2D eigenvalue weighted by molar-refractivity contribution is 6.32. The Labute approximate surface area is 133 Å². The number of ether oxygens (including phenoxy) is 1. The molecule has 1 rings (SSSR count). The minimum Gasteiger partial charge on any atom is -0.487 e. The van der Waals surface area contributed by atoms with Gasteiger partial charge in [-0.25, -0.2) is 8.78 Å². The molecule has 0 bridgehead atoms. The van der Waals surface area contributed by atoms with Gasteiger partial charge >= 0.3 is 24.2 Å². The van der Waals surface area contributed by atoms with E-state index in [9.17, 15) is 45.2 Å². The van der Waals surface area contributed by atoms with Gasteiger partial charge in [0.1, 0.15) is 10.8 Å². The lowest BCUT2D eigenvalue weighted by molar-refractivity contribution is -0.384. The van der Waals surface area contributed by atoms with Gasteiger partial charge in [-0.3, -0.25) is 10.1 Å². The second-order valence-corrected chi connectivity index (χ2v) is 4.77. The van der Waals surface area contributed by atoms with Crippen LogP contribution in [0.1, 0.15) is 0 Å². The molecule has 13 heteroatoms. The van der Waals surface area contributed by atoms with Crippen LogP contribution < -0.4 is 4.74 Å². The Bertz CT molecular complexity index is 625. The van der Waals surface area contributed by atoms with Gasteiger partial charge in [0.05, 0.1) is 4.92 Å². The van der Waals surface area contributed by atoms with Crippen LogP contribution in [-0.2, 0) is 0 Å². The Morgan fingerprint density at radius 1 is 1.17 bits per heavy atom. The summed E-state index contributed by atoms with van der Waals surface area (Å²) in [6.07, 6.45) is -5.04. The number of halogens is 9. The molecule has 0 amide bonds. The first kappa shape index (κ1) is 20.2. The smallest absolute Gasteiger partial charge is 0.381 e. The van der Waals surface area contributed by atoms with E-state index in [1.165, 1.54) is 0 Å². The normalized spacial score (nSPS) is 13.2. The Kier molecular flexibility index (Phi) is 5.53. The van der Waals surface area contributed by atoms with Gasteiger partial charge in [-0.1, -0.05) is 11.6 Å². The molecule has 1 aromatic carbocycles. The average Bonchev–Trinajstić information content (AvgIpc) is 2.44. The van der Waals surface area contributed by atoms with Gasteiger partial charge < -0.3 is 4.74 Å². The number of nitro groups is 1. The summed E-state index contributed by atoms with van der Waals surface area (Å²) >= 11 is 5.40. The number of hydrogen-bond acceptors (Lipinski definition) is 3. The summed E-state index contributed by atoms with van der Waals surface area (Å²) in [5.74, 6) is -19.1. The first-order chi connectivity index (χ1) is 10.7. The number of hydrogen-bond donors (Lipinski definition) is 0. The van der Waals surface area contributed by atoms with Crippen molar-refractivity contribution in [3.63, 3.8) is 0 Å². The molecule has 0 aliphatic carbocycles. The van der Waals surface area contributed by atoms with Crippen molar-refractivity contribution in [2.45, 2.75) is 24.2 Å². The zero-order valence-electron chi connectivity index (χ0n) is 11.1. The molecule has 0 aromatic heterocycles. The third kappa shape index (κ3) is 3.62. The molecule has 4 nitrogen and oxygen atoms in total. The number of nitrogens with zero attached hydrogens (tertiary/aromatic N) is 1. The Morgan fingerprint density at radius 3 is 2.12 bits per heavy atom. The summed E-state index contributed by atoms with van der Waals surface area (Å²) in [7, 11) is 0. The summed E-state index contributed by atoms with van der Waals surface area (Å²) in [5.41, 5.74) is -0.662. The van der Waals surface area contributed by atoms with E-state index in [4.69, 9.17) is 11.6 Å². The molecule has 0 aliphatic rings. The van der Waals surface area contributed by atoms with E-state index in [2.05, 4.69) is 4.74 Å². The van der Waals surface area contributed by atoms with E-state index < -0.39 is 52.2 Å². The van der Waals surface area contributed by atoms with E-state index in [0.29, 0.717) is 18.2 Å². The summed E-state index contributed by atoms with van der Waals surface area (Å²) < 4.78 is 106. The highest BCUT2D eigenvalue weighted by atomic mass is 35.5. The van der Waals surface area contributed by atoms with Gasteiger partial charge in [-0.2, -0.15) is 26.3 Å². The SMILES string of the molecule is O=[N+]([O-])c1ccc(OCC(F)(F)C(F)(F)C(F)(F)C(F)F)cc1Cl. The molecule has 0 radical (unpaired) electrons. The molecular weight excluding hydrogens is 382 g/mol. The molecule has 0 atom stereocenters. The predicted octanol–water partition coefficient (Wildman–Crippen LogP) is 4.80. The standard InChI is InChI=1S/C11H6ClF8NO3/c12-6-3-5(1-2-7(6)21(22)23)24-4-9(15,16)11(19,20)10(17,18)8(13)14/h1-3,8H,4H2. The van der Waals surface area contributed by atoms with Crippen molar-refractivity contribution in [1.29, 1.82) is 0 Å². The van der Waals surface area contributed by atoms with Crippen LogP contribution in [0.3, 0.4) is 0 Å². The zero-order chi connectivity index (χ0) is 18.9. The zero-order valence-corrected chi connectivity index (χ0v) is 11.8. The van der Waals surface area contributed by atoms with E-state index >= 15 is 0 Å².